The highest BCUT2D eigenvalue weighted by Crippen LogP contribution is 2.39. The zero-order valence-corrected chi connectivity index (χ0v) is 14.0. The number of carbonyl (C=O) groups is 2. The van der Waals surface area contributed by atoms with Gasteiger partial charge in [0.2, 0.25) is 11.8 Å². The third-order valence-corrected chi connectivity index (χ3v) is 4.50. The highest BCUT2D eigenvalue weighted by Gasteiger charge is 2.43. The molecule has 1 atom stereocenters. The Morgan fingerprint density at radius 3 is 2.57 bits per heavy atom. The lowest BCUT2D eigenvalue weighted by molar-refractivity contribution is -0.121. The molecule has 1 aliphatic rings. The number of imide groups is 1. The van der Waals surface area contributed by atoms with Gasteiger partial charge in [-0.25, -0.2) is 4.90 Å². The topological polar surface area (TPSA) is 81.2 Å². The molecule has 120 valence electrons. The van der Waals surface area contributed by atoms with Crippen LogP contribution < -0.4 is 10.6 Å². The Kier molecular flexibility index (Phi) is 3.82. The number of nitrogens with zero attached hydrogens (tertiary/aromatic N) is 3. The van der Waals surface area contributed by atoms with E-state index < -0.39 is 5.92 Å². The largest absolute Gasteiger partial charge is 0.384 e. The zero-order valence-electron chi connectivity index (χ0n) is 12.5. The summed E-state index contributed by atoms with van der Waals surface area (Å²) in [5.41, 5.74) is 7.56. The Hall–Kier alpha value is -2.05. The number of benzene rings is 1. The standard InChI is InChI=1S/C15H14Cl2N4O2/c1-7-13(14(18)20(2)19-7)9-6-12(22)21(15(9)23)11-4-3-8(16)5-10(11)17/h3-5,9H,6,18H2,1-2H3/t9-/m1/s1. The van der Waals surface area contributed by atoms with Crippen LogP contribution in [0.5, 0.6) is 0 Å². The number of nitrogen functional groups attached to an aromatic ring is 1. The van der Waals surface area contributed by atoms with E-state index in [0.717, 1.165) is 4.90 Å². The minimum Gasteiger partial charge on any atom is -0.384 e. The number of nitrogens with two attached hydrogens (primary N) is 1. The van der Waals surface area contributed by atoms with Crippen LogP contribution in [0.2, 0.25) is 10.0 Å². The average molecular weight is 353 g/mol. The predicted molar refractivity (Wildman–Crippen MR) is 88.7 cm³/mol. The van der Waals surface area contributed by atoms with Crippen molar-refractivity contribution in [2.24, 2.45) is 7.05 Å². The average Bonchev–Trinajstić information content (AvgIpc) is 2.88. The summed E-state index contributed by atoms with van der Waals surface area (Å²) in [5.74, 6) is -0.949. The molecule has 0 bridgehead atoms. The first kappa shape index (κ1) is 15.8. The fraction of sp³-hybridized carbons (Fsp3) is 0.267. The number of hydrogen-bond acceptors (Lipinski definition) is 4. The summed E-state index contributed by atoms with van der Waals surface area (Å²) in [6, 6.07) is 4.64. The van der Waals surface area contributed by atoms with E-state index in [0.29, 0.717) is 27.8 Å². The molecule has 23 heavy (non-hydrogen) atoms. The van der Waals surface area contributed by atoms with Crippen LogP contribution in [0.25, 0.3) is 0 Å². The molecule has 1 saturated heterocycles. The van der Waals surface area contributed by atoms with E-state index in [-0.39, 0.29) is 23.3 Å². The van der Waals surface area contributed by atoms with Gasteiger partial charge in [-0.1, -0.05) is 23.2 Å². The van der Waals surface area contributed by atoms with Gasteiger partial charge in [0.05, 0.1) is 22.3 Å². The fourth-order valence-electron chi connectivity index (χ4n) is 2.90. The van der Waals surface area contributed by atoms with Crippen molar-refractivity contribution >= 4 is 46.5 Å². The summed E-state index contributed by atoms with van der Waals surface area (Å²) in [6.07, 6.45) is 0.0362. The maximum Gasteiger partial charge on any atom is 0.242 e. The molecule has 2 amide bonds. The molecule has 2 N–H and O–H groups in total. The van der Waals surface area contributed by atoms with Crippen LogP contribution in [-0.4, -0.2) is 21.6 Å². The Labute approximate surface area is 142 Å². The van der Waals surface area contributed by atoms with E-state index in [4.69, 9.17) is 28.9 Å². The summed E-state index contributed by atoms with van der Waals surface area (Å²) >= 11 is 12.0. The van der Waals surface area contributed by atoms with Crippen molar-refractivity contribution in [3.05, 3.63) is 39.5 Å². The first-order valence-corrected chi connectivity index (χ1v) is 7.67. The summed E-state index contributed by atoms with van der Waals surface area (Å²) < 4.78 is 1.50. The monoisotopic (exact) mass is 352 g/mol. The van der Waals surface area contributed by atoms with Crippen molar-refractivity contribution in [3.8, 4) is 0 Å². The summed E-state index contributed by atoms with van der Waals surface area (Å²) in [5, 5.41) is 4.89. The highest BCUT2D eigenvalue weighted by atomic mass is 35.5. The van der Waals surface area contributed by atoms with E-state index in [1.165, 1.54) is 10.7 Å². The number of hydrogen-bond donors (Lipinski definition) is 1. The van der Waals surface area contributed by atoms with Crippen molar-refractivity contribution in [2.75, 3.05) is 10.6 Å². The van der Waals surface area contributed by atoms with Gasteiger partial charge in [-0.3, -0.25) is 14.3 Å². The Morgan fingerprint density at radius 1 is 1.30 bits per heavy atom. The second kappa shape index (κ2) is 5.54. The molecule has 1 aromatic heterocycles. The first-order chi connectivity index (χ1) is 10.8. The molecular formula is C15H14Cl2N4O2. The van der Waals surface area contributed by atoms with Crippen molar-refractivity contribution in [1.82, 2.24) is 9.78 Å². The predicted octanol–water partition coefficient (Wildman–Crippen LogP) is 2.66. The van der Waals surface area contributed by atoms with Crippen LogP contribution >= 0.6 is 23.2 Å². The molecule has 0 unspecified atom stereocenters. The molecule has 2 aromatic rings. The molecule has 0 spiro atoms. The minimum atomic E-state index is -0.650. The first-order valence-electron chi connectivity index (χ1n) is 6.92. The normalized spacial score (nSPS) is 18.1. The van der Waals surface area contributed by atoms with Gasteiger partial charge in [0.25, 0.3) is 0 Å². The molecule has 1 aromatic carbocycles. The Morgan fingerprint density at radius 2 is 2.00 bits per heavy atom. The van der Waals surface area contributed by atoms with Crippen LogP contribution in [0.4, 0.5) is 11.5 Å². The second-order valence-electron chi connectivity index (χ2n) is 5.43. The van der Waals surface area contributed by atoms with Gasteiger partial charge < -0.3 is 5.73 Å². The molecule has 8 heteroatoms. The van der Waals surface area contributed by atoms with Gasteiger partial charge in [0.1, 0.15) is 5.82 Å². The van der Waals surface area contributed by atoms with Crippen LogP contribution in [0.3, 0.4) is 0 Å². The molecular weight excluding hydrogens is 339 g/mol. The minimum absolute atomic E-state index is 0.0362. The quantitative estimate of drug-likeness (QED) is 0.842. The summed E-state index contributed by atoms with van der Waals surface area (Å²) in [6.45, 7) is 1.77. The van der Waals surface area contributed by atoms with Crippen LogP contribution in [0, 0.1) is 6.92 Å². The van der Waals surface area contributed by atoms with Gasteiger partial charge in [-0.15, -0.1) is 0 Å². The third kappa shape index (κ3) is 2.48. The summed E-state index contributed by atoms with van der Waals surface area (Å²) in [4.78, 5) is 26.3. The summed E-state index contributed by atoms with van der Waals surface area (Å²) in [7, 11) is 1.70. The Balaban J connectivity index is 2.03. The fourth-order valence-corrected chi connectivity index (χ4v) is 3.39. The smallest absolute Gasteiger partial charge is 0.242 e. The van der Waals surface area contributed by atoms with Crippen molar-refractivity contribution in [3.63, 3.8) is 0 Å². The molecule has 6 nitrogen and oxygen atoms in total. The maximum atomic E-state index is 12.8. The molecule has 0 aliphatic carbocycles. The molecule has 2 heterocycles. The van der Waals surface area contributed by atoms with E-state index in [2.05, 4.69) is 5.10 Å². The number of anilines is 2. The van der Waals surface area contributed by atoms with Gasteiger partial charge in [0, 0.05) is 24.1 Å². The molecule has 0 saturated carbocycles. The van der Waals surface area contributed by atoms with Crippen LogP contribution in [-0.2, 0) is 16.6 Å². The van der Waals surface area contributed by atoms with E-state index >= 15 is 0 Å². The lowest BCUT2D eigenvalue weighted by Crippen LogP contribution is -2.30. The van der Waals surface area contributed by atoms with Crippen molar-refractivity contribution in [1.29, 1.82) is 0 Å². The third-order valence-electron chi connectivity index (χ3n) is 3.96. The molecule has 1 fully saturated rings. The molecule has 1 aliphatic heterocycles. The maximum absolute atomic E-state index is 12.8. The molecule has 3 rings (SSSR count). The van der Waals surface area contributed by atoms with E-state index in [1.54, 1.807) is 26.1 Å². The van der Waals surface area contributed by atoms with E-state index in [1.807, 2.05) is 0 Å². The molecule has 0 radical (unpaired) electrons. The lowest BCUT2D eigenvalue weighted by atomic mass is 9.97. The highest BCUT2D eigenvalue weighted by molar-refractivity contribution is 6.38. The van der Waals surface area contributed by atoms with Gasteiger partial charge in [-0.05, 0) is 25.1 Å². The number of halogens is 2. The second-order valence-corrected chi connectivity index (χ2v) is 6.27. The number of amides is 2. The van der Waals surface area contributed by atoms with Crippen molar-refractivity contribution < 1.29 is 9.59 Å². The van der Waals surface area contributed by atoms with Crippen LogP contribution in [0.1, 0.15) is 23.6 Å². The van der Waals surface area contributed by atoms with Gasteiger partial charge in [-0.2, -0.15) is 5.10 Å². The van der Waals surface area contributed by atoms with Crippen LogP contribution in [0.15, 0.2) is 18.2 Å². The zero-order chi connectivity index (χ0) is 16.9. The number of aryl methyl sites for hydroxylation is 2. The SMILES string of the molecule is Cc1nn(C)c(N)c1[C@H]1CC(=O)N(c2ccc(Cl)cc2Cl)C1=O. The lowest BCUT2D eigenvalue weighted by Gasteiger charge is -2.16. The Bertz CT molecular complexity index is 831. The number of rotatable bonds is 2. The number of aromatic nitrogens is 2. The number of carbonyl (C=O) groups excluding carboxylic acids is 2. The van der Waals surface area contributed by atoms with Crippen molar-refractivity contribution in [2.45, 2.75) is 19.3 Å². The van der Waals surface area contributed by atoms with E-state index in [9.17, 15) is 9.59 Å². The van der Waals surface area contributed by atoms with Gasteiger partial charge in [0.15, 0.2) is 0 Å². The van der Waals surface area contributed by atoms with Gasteiger partial charge >= 0.3 is 0 Å².